The van der Waals surface area contributed by atoms with Gasteiger partial charge in [-0.25, -0.2) is 4.39 Å². The lowest BCUT2D eigenvalue weighted by Gasteiger charge is -2.13. The molecule has 0 bridgehead atoms. The van der Waals surface area contributed by atoms with Crippen LogP contribution in [0.2, 0.25) is 0 Å². The molecule has 21 heavy (non-hydrogen) atoms. The molecule has 0 radical (unpaired) electrons. The van der Waals surface area contributed by atoms with E-state index in [4.69, 9.17) is 10.5 Å². The molecule has 2 N–H and O–H groups in total. The Morgan fingerprint density at radius 2 is 2.14 bits per heavy atom. The molecule has 110 valence electrons. The Kier molecular flexibility index (Phi) is 4.17. The third kappa shape index (κ3) is 3.22. The van der Waals surface area contributed by atoms with Crippen LogP contribution in [0.1, 0.15) is 24.1 Å². The van der Waals surface area contributed by atoms with Crippen LogP contribution < -0.4 is 10.5 Å². The molecule has 0 spiro atoms. The highest BCUT2D eigenvalue weighted by Gasteiger charge is 2.22. The Morgan fingerprint density at radius 3 is 2.86 bits per heavy atom. The van der Waals surface area contributed by atoms with Crippen molar-refractivity contribution in [2.75, 3.05) is 6.61 Å². The predicted octanol–water partition coefficient (Wildman–Crippen LogP) is 3.94. The second-order valence-corrected chi connectivity index (χ2v) is 6.68. The molecule has 1 aliphatic heterocycles. The number of nitrogens with two attached hydrogens (primary N) is 1. The first-order chi connectivity index (χ1) is 10.1. The van der Waals surface area contributed by atoms with Crippen LogP contribution in [-0.2, 0) is 6.42 Å². The van der Waals surface area contributed by atoms with Crippen molar-refractivity contribution in [2.24, 2.45) is 5.73 Å². The Morgan fingerprint density at radius 1 is 1.33 bits per heavy atom. The number of fused-ring (bicyclic) bond motifs is 1. The normalized spacial score (nSPS) is 18.3. The van der Waals surface area contributed by atoms with Gasteiger partial charge in [0.2, 0.25) is 0 Å². The first kappa shape index (κ1) is 14.4. The van der Waals surface area contributed by atoms with Crippen molar-refractivity contribution < 1.29 is 9.13 Å². The number of ether oxygens (including phenoxy) is 1. The largest absolute Gasteiger partial charge is 0.489 e. The van der Waals surface area contributed by atoms with E-state index >= 15 is 0 Å². The molecule has 2 aromatic rings. The summed E-state index contributed by atoms with van der Waals surface area (Å²) >= 11 is 1.80. The maximum absolute atomic E-state index is 14.0. The maximum atomic E-state index is 14.0. The summed E-state index contributed by atoms with van der Waals surface area (Å²) in [5.74, 6) is -0.0405. The summed E-state index contributed by atoms with van der Waals surface area (Å²) in [6, 6.07) is 13.1. The lowest BCUT2D eigenvalue weighted by molar-refractivity contribution is 0.301. The zero-order chi connectivity index (χ0) is 14.8. The maximum Gasteiger partial charge on any atom is 0.165 e. The number of hydrogen-bond donors (Lipinski definition) is 1. The van der Waals surface area contributed by atoms with E-state index in [0.29, 0.717) is 17.6 Å². The topological polar surface area (TPSA) is 35.2 Å². The summed E-state index contributed by atoms with van der Waals surface area (Å²) in [4.78, 5) is 1.30. The Bertz CT molecular complexity index is 619. The van der Waals surface area contributed by atoms with Gasteiger partial charge in [-0.1, -0.05) is 24.3 Å². The van der Waals surface area contributed by atoms with Crippen LogP contribution in [-0.4, -0.2) is 11.9 Å². The van der Waals surface area contributed by atoms with Crippen molar-refractivity contribution >= 4 is 11.8 Å². The van der Waals surface area contributed by atoms with Crippen LogP contribution >= 0.6 is 11.8 Å². The molecule has 0 aliphatic carbocycles. The molecule has 1 heterocycles. The Hall–Kier alpha value is -1.52. The highest BCUT2D eigenvalue weighted by Crippen LogP contribution is 2.37. The van der Waals surface area contributed by atoms with Gasteiger partial charge in [-0.2, -0.15) is 0 Å². The minimum atomic E-state index is -0.342. The van der Waals surface area contributed by atoms with Gasteiger partial charge in [0.25, 0.3) is 0 Å². The molecule has 1 unspecified atom stereocenters. The summed E-state index contributed by atoms with van der Waals surface area (Å²) < 4.78 is 19.6. The van der Waals surface area contributed by atoms with E-state index in [9.17, 15) is 4.39 Å². The Labute approximate surface area is 128 Å². The molecule has 4 heteroatoms. The van der Waals surface area contributed by atoms with Gasteiger partial charge in [0, 0.05) is 16.2 Å². The number of rotatable bonds is 4. The van der Waals surface area contributed by atoms with Crippen molar-refractivity contribution in [3.8, 4) is 5.75 Å². The van der Waals surface area contributed by atoms with Crippen LogP contribution in [0, 0.1) is 5.82 Å². The average molecular weight is 303 g/mol. The van der Waals surface area contributed by atoms with E-state index in [-0.39, 0.29) is 11.9 Å². The van der Waals surface area contributed by atoms with Crippen molar-refractivity contribution in [2.45, 2.75) is 29.5 Å². The smallest absolute Gasteiger partial charge is 0.165 e. The molecular weight excluding hydrogens is 285 g/mol. The molecule has 2 aromatic carbocycles. The summed E-state index contributed by atoms with van der Waals surface area (Å²) in [5, 5.41) is 0.343. The first-order valence-corrected chi connectivity index (χ1v) is 7.94. The van der Waals surface area contributed by atoms with Crippen LogP contribution in [0.15, 0.2) is 47.4 Å². The van der Waals surface area contributed by atoms with E-state index in [0.717, 1.165) is 12.0 Å². The van der Waals surface area contributed by atoms with E-state index in [1.807, 2.05) is 19.1 Å². The minimum Gasteiger partial charge on any atom is -0.489 e. The van der Waals surface area contributed by atoms with Crippen LogP contribution in [0.4, 0.5) is 4.39 Å². The molecule has 0 saturated carbocycles. The zero-order valence-electron chi connectivity index (χ0n) is 11.9. The molecular formula is C17H18FNOS. The highest BCUT2D eigenvalue weighted by molar-refractivity contribution is 8.00. The van der Waals surface area contributed by atoms with Gasteiger partial charge in [0.1, 0.15) is 6.61 Å². The molecule has 2 nitrogen and oxygen atoms in total. The quantitative estimate of drug-likeness (QED) is 0.929. The van der Waals surface area contributed by atoms with E-state index in [1.54, 1.807) is 17.8 Å². The van der Waals surface area contributed by atoms with Crippen molar-refractivity contribution in [3.05, 3.63) is 59.4 Å². The summed E-state index contributed by atoms with van der Waals surface area (Å²) in [7, 11) is 0. The molecule has 1 aliphatic rings. The van der Waals surface area contributed by atoms with Gasteiger partial charge in [0.15, 0.2) is 11.6 Å². The molecule has 0 aromatic heterocycles. The van der Waals surface area contributed by atoms with Crippen LogP contribution in [0.3, 0.4) is 0 Å². The predicted molar refractivity (Wildman–Crippen MR) is 84.3 cm³/mol. The SMILES string of the molecule is C[C@H](N)c1ccc(OCC2Cc3ccccc3S2)c(F)c1. The first-order valence-electron chi connectivity index (χ1n) is 7.06. The molecule has 2 atom stereocenters. The number of benzene rings is 2. The molecule has 0 saturated heterocycles. The summed E-state index contributed by atoms with van der Waals surface area (Å²) in [6.45, 7) is 2.34. The Balaban J connectivity index is 1.62. The number of hydrogen-bond acceptors (Lipinski definition) is 3. The molecule has 0 fully saturated rings. The molecule has 3 rings (SSSR count). The lowest BCUT2D eigenvalue weighted by atomic mass is 10.1. The van der Waals surface area contributed by atoms with E-state index < -0.39 is 0 Å². The lowest BCUT2D eigenvalue weighted by Crippen LogP contribution is -2.14. The second-order valence-electron chi connectivity index (χ2n) is 5.34. The van der Waals surface area contributed by atoms with Crippen LogP contribution in [0.25, 0.3) is 0 Å². The van der Waals surface area contributed by atoms with Gasteiger partial charge in [-0.05, 0) is 42.7 Å². The second kappa shape index (κ2) is 6.08. The average Bonchev–Trinajstić information content (AvgIpc) is 2.88. The summed E-state index contributed by atoms with van der Waals surface area (Å²) in [5.41, 5.74) is 7.87. The van der Waals surface area contributed by atoms with Crippen molar-refractivity contribution in [1.82, 2.24) is 0 Å². The number of thioether (sulfide) groups is 1. The van der Waals surface area contributed by atoms with E-state index in [2.05, 4.69) is 18.2 Å². The van der Waals surface area contributed by atoms with Gasteiger partial charge < -0.3 is 10.5 Å². The monoisotopic (exact) mass is 303 g/mol. The van der Waals surface area contributed by atoms with Crippen LogP contribution in [0.5, 0.6) is 5.75 Å². The highest BCUT2D eigenvalue weighted by atomic mass is 32.2. The van der Waals surface area contributed by atoms with Gasteiger partial charge in [0.05, 0.1) is 0 Å². The van der Waals surface area contributed by atoms with Gasteiger partial charge >= 0.3 is 0 Å². The van der Waals surface area contributed by atoms with Gasteiger partial charge in [-0.15, -0.1) is 11.8 Å². The summed E-state index contributed by atoms with van der Waals surface area (Å²) in [6.07, 6.45) is 0.973. The standard InChI is InChI=1S/C17H18FNOS/c1-11(19)12-6-7-16(15(18)9-12)20-10-14-8-13-4-2-3-5-17(13)21-14/h2-7,9,11,14H,8,10,19H2,1H3/t11-,14?/m0/s1. The fraction of sp³-hybridized carbons (Fsp3) is 0.294. The van der Waals surface area contributed by atoms with Crippen molar-refractivity contribution in [1.29, 1.82) is 0 Å². The fourth-order valence-electron chi connectivity index (χ4n) is 2.45. The zero-order valence-corrected chi connectivity index (χ0v) is 12.7. The third-order valence-corrected chi connectivity index (χ3v) is 4.91. The van der Waals surface area contributed by atoms with Crippen molar-refractivity contribution in [3.63, 3.8) is 0 Å². The molecule has 0 amide bonds. The third-order valence-electron chi connectivity index (χ3n) is 3.62. The van der Waals surface area contributed by atoms with E-state index in [1.165, 1.54) is 16.5 Å². The number of halogens is 1. The fourth-order valence-corrected chi connectivity index (χ4v) is 3.66. The minimum absolute atomic E-state index is 0.173. The van der Waals surface area contributed by atoms with Gasteiger partial charge in [-0.3, -0.25) is 0 Å².